The van der Waals surface area contributed by atoms with Crippen molar-refractivity contribution in [2.45, 2.75) is 19.1 Å². The number of halogens is 1. The van der Waals surface area contributed by atoms with Gasteiger partial charge in [-0.1, -0.05) is 0 Å². The molecule has 1 amide bonds. The van der Waals surface area contributed by atoms with Gasteiger partial charge in [-0.3, -0.25) is 9.48 Å². The highest BCUT2D eigenvalue weighted by Crippen LogP contribution is 2.24. The summed E-state index contributed by atoms with van der Waals surface area (Å²) in [6.45, 7) is 1.56. The number of likely N-dealkylation sites (tertiary alicyclic amines) is 1. The van der Waals surface area contributed by atoms with Gasteiger partial charge in [0.25, 0.3) is 0 Å². The minimum atomic E-state index is -0.0160. The van der Waals surface area contributed by atoms with Crippen molar-refractivity contribution in [2.75, 3.05) is 13.1 Å². The molecule has 0 radical (unpaired) electrons. The second kappa shape index (κ2) is 6.26. The normalized spacial score (nSPS) is 18.0. The summed E-state index contributed by atoms with van der Waals surface area (Å²) in [6, 6.07) is 5.53. The van der Waals surface area contributed by atoms with Gasteiger partial charge in [0.1, 0.15) is 12.6 Å². The number of aromatic nitrogens is 3. The van der Waals surface area contributed by atoms with Crippen molar-refractivity contribution in [3.63, 3.8) is 0 Å². The Morgan fingerprint density at radius 3 is 3.10 bits per heavy atom. The van der Waals surface area contributed by atoms with Gasteiger partial charge < -0.3 is 9.64 Å². The lowest BCUT2D eigenvalue weighted by atomic mass is 10.3. The van der Waals surface area contributed by atoms with E-state index in [9.17, 15) is 4.79 Å². The van der Waals surface area contributed by atoms with E-state index in [4.69, 9.17) is 4.74 Å². The summed E-state index contributed by atoms with van der Waals surface area (Å²) in [7, 11) is 0. The number of ether oxygens (including phenoxy) is 1. The van der Waals surface area contributed by atoms with E-state index >= 15 is 0 Å². The summed E-state index contributed by atoms with van der Waals surface area (Å²) in [5.41, 5.74) is 0. The first-order valence-corrected chi connectivity index (χ1v) is 7.54. The van der Waals surface area contributed by atoms with Crippen molar-refractivity contribution >= 4 is 21.8 Å². The topological polar surface area (TPSA) is 60.2 Å². The molecule has 2 aromatic rings. The van der Waals surface area contributed by atoms with Crippen molar-refractivity contribution in [3.8, 4) is 5.88 Å². The molecule has 0 saturated carbocycles. The molecule has 0 bridgehead atoms. The third-order valence-electron chi connectivity index (χ3n) is 3.36. The molecule has 6 nitrogen and oxygen atoms in total. The van der Waals surface area contributed by atoms with Crippen LogP contribution in [0.5, 0.6) is 5.88 Å². The fourth-order valence-electron chi connectivity index (χ4n) is 2.30. The Morgan fingerprint density at radius 2 is 2.33 bits per heavy atom. The van der Waals surface area contributed by atoms with E-state index in [0.717, 1.165) is 10.9 Å². The third-order valence-corrected chi connectivity index (χ3v) is 3.96. The van der Waals surface area contributed by atoms with Crippen LogP contribution in [0.4, 0.5) is 0 Å². The summed E-state index contributed by atoms with van der Waals surface area (Å²) in [5, 5.41) is 4.05. The molecule has 2 aromatic heterocycles. The Labute approximate surface area is 130 Å². The summed E-state index contributed by atoms with van der Waals surface area (Å²) in [6.07, 6.45) is 5.94. The zero-order chi connectivity index (χ0) is 14.7. The standard InChI is InChI=1S/C14H15BrN4O2/c15-12-3-1-5-16-14(12)21-11-4-8-18(9-11)13(20)10-19-7-2-6-17-19/h1-3,5-7,11H,4,8-10H2. The van der Waals surface area contributed by atoms with Crippen LogP contribution < -0.4 is 4.74 Å². The average Bonchev–Trinajstić information content (AvgIpc) is 3.13. The van der Waals surface area contributed by atoms with Crippen LogP contribution in [-0.2, 0) is 11.3 Å². The van der Waals surface area contributed by atoms with E-state index in [1.54, 1.807) is 23.3 Å². The number of hydrogen-bond donors (Lipinski definition) is 0. The monoisotopic (exact) mass is 350 g/mol. The van der Waals surface area contributed by atoms with E-state index in [2.05, 4.69) is 26.0 Å². The molecule has 7 heteroatoms. The van der Waals surface area contributed by atoms with Crippen LogP contribution in [0.2, 0.25) is 0 Å². The first kappa shape index (κ1) is 14.1. The molecule has 1 saturated heterocycles. The molecule has 1 fully saturated rings. The second-order valence-electron chi connectivity index (χ2n) is 4.86. The van der Waals surface area contributed by atoms with Crippen LogP contribution in [0.15, 0.2) is 41.3 Å². The Balaban J connectivity index is 1.56. The predicted octanol–water partition coefficient (Wildman–Crippen LogP) is 1.72. The van der Waals surface area contributed by atoms with E-state index in [0.29, 0.717) is 19.0 Å². The molecule has 3 rings (SSSR count). The van der Waals surface area contributed by atoms with Crippen molar-refractivity contribution in [1.82, 2.24) is 19.7 Å². The number of pyridine rings is 1. The maximum atomic E-state index is 12.2. The van der Waals surface area contributed by atoms with Crippen LogP contribution in [0.1, 0.15) is 6.42 Å². The highest BCUT2D eigenvalue weighted by molar-refractivity contribution is 9.10. The molecule has 0 aliphatic carbocycles. The van der Waals surface area contributed by atoms with E-state index < -0.39 is 0 Å². The number of nitrogens with zero attached hydrogens (tertiary/aromatic N) is 4. The van der Waals surface area contributed by atoms with Crippen LogP contribution >= 0.6 is 15.9 Å². The summed E-state index contributed by atoms with van der Waals surface area (Å²) in [4.78, 5) is 18.2. The lowest BCUT2D eigenvalue weighted by Gasteiger charge is -2.17. The van der Waals surface area contributed by atoms with Gasteiger partial charge in [0, 0.05) is 31.6 Å². The molecular formula is C14H15BrN4O2. The second-order valence-corrected chi connectivity index (χ2v) is 5.72. The summed E-state index contributed by atoms with van der Waals surface area (Å²) < 4.78 is 8.30. The zero-order valence-electron chi connectivity index (χ0n) is 11.4. The smallest absolute Gasteiger partial charge is 0.244 e. The molecular weight excluding hydrogens is 336 g/mol. The first-order chi connectivity index (χ1) is 10.2. The van der Waals surface area contributed by atoms with Crippen molar-refractivity contribution in [2.24, 2.45) is 0 Å². The molecule has 0 N–H and O–H groups in total. The lowest BCUT2D eigenvalue weighted by molar-refractivity contribution is -0.131. The zero-order valence-corrected chi connectivity index (χ0v) is 12.9. The highest BCUT2D eigenvalue weighted by Gasteiger charge is 2.28. The van der Waals surface area contributed by atoms with Gasteiger partial charge in [-0.05, 0) is 34.1 Å². The lowest BCUT2D eigenvalue weighted by Crippen LogP contribution is -2.33. The minimum absolute atomic E-state index is 0.0160. The maximum absolute atomic E-state index is 12.2. The quantitative estimate of drug-likeness (QED) is 0.842. The Morgan fingerprint density at radius 1 is 1.43 bits per heavy atom. The SMILES string of the molecule is O=C(Cn1cccn1)N1CCC(Oc2ncccc2Br)C1. The molecule has 21 heavy (non-hydrogen) atoms. The number of carbonyl (C=O) groups excluding carboxylic acids is 1. The minimum Gasteiger partial charge on any atom is -0.472 e. The Kier molecular flexibility index (Phi) is 4.19. The van der Waals surface area contributed by atoms with Crippen molar-refractivity contribution in [1.29, 1.82) is 0 Å². The molecule has 3 heterocycles. The molecule has 1 aliphatic heterocycles. The van der Waals surface area contributed by atoms with Gasteiger partial charge >= 0.3 is 0 Å². The van der Waals surface area contributed by atoms with E-state index in [1.165, 1.54) is 0 Å². The summed E-state index contributed by atoms with van der Waals surface area (Å²) >= 11 is 3.41. The summed E-state index contributed by atoms with van der Waals surface area (Å²) in [5.74, 6) is 0.633. The van der Waals surface area contributed by atoms with Gasteiger partial charge in [0.05, 0.1) is 11.0 Å². The number of amides is 1. The largest absolute Gasteiger partial charge is 0.472 e. The van der Waals surface area contributed by atoms with Gasteiger partial charge in [0.15, 0.2) is 0 Å². The third kappa shape index (κ3) is 3.41. The number of hydrogen-bond acceptors (Lipinski definition) is 4. The molecule has 0 spiro atoms. The molecule has 1 atom stereocenters. The Bertz CT molecular complexity index is 617. The molecule has 1 aliphatic rings. The van der Waals surface area contributed by atoms with E-state index in [1.807, 2.05) is 23.1 Å². The van der Waals surface area contributed by atoms with Crippen molar-refractivity contribution < 1.29 is 9.53 Å². The first-order valence-electron chi connectivity index (χ1n) is 6.75. The van der Waals surface area contributed by atoms with Gasteiger partial charge in [0.2, 0.25) is 11.8 Å². The van der Waals surface area contributed by atoms with Crippen molar-refractivity contribution in [3.05, 3.63) is 41.3 Å². The van der Waals surface area contributed by atoms with Crippen LogP contribution in [-0.4, -0.2) is 44.8 Å². The average molecular weight is 351 g/mol. The van der Waals surface area contributed by atoms with Gasteiger partial charge in [-0.25, -0.2) is 4.98 Å². The Hall–Kier alpha value is -1.89. The molecule has 1 unspecified atom stereocenters. The highest BCUT2D eigenvalue weighted by atomic mass is 79.9. The van der Waals surface area contributed by atoms with Gasteiger partial charge in [-0.15, -0.1) is 0 Å². The predicted molar refractivity (Wildman–Crippen MR) is 79.8 cm³/mol. The molecule has 110 valence electrons. The van der Waals surface area contributed by atoms with Crippen LogP contribution in [0.25, 0.3) is 0 Å². The fourth-order valence-corrected chi connectivity index (χ4v) is 2.65. The molecule has 0 aromatic carbocycles. The van der Waals surface area contributed by atoms with Gasteiger partial charge in [-0.2, -0.15) is 5.10 Å². The van der Waals surface area contributed by atoms with E-state index in [-0.39, 0.29) is 18.6 Å². The number of rotatable bonds is 4. The number of carbonyl (C=O) groups is 1. The fraction of sp³-hybridized carbons (Fsp3) is 0.357. The van der Waals surface area contributed by atoms with Crippen LogP contribution in [0, 0.1) is 0 Å². The van der Waals surface area contributed by atoms with Crippen LogP contribution in [0.3, 0.4) is 0 Å². The maximum Gasteiger partial charge on any atom is 0.244 e.